The first-order chi connectivity index (χ1) is 4.72. The summed E-state index contributed by atoms with van der Waals surface area (Å²) in [6, 6.07) is 5.07. The molecule has 0 aliphatic heterocycles. The summed E-state index contributed by atoms with van der Waals surface area (Å²) in [5.41, 5.74) is 0.849. The molecule has 0 nitrogen and oxygen atoms in total. The Morgan fingerprint density at radius 1 is 1.40 bits per heavy atom. The van der Waals surface area contributed by atoms with E-state index in [4.69, 9.17) is 11.6 Å². The second-order valence-corrected chi connectivity index (χ2v) is 2.74. The van der Waals surface area contributed by atoms with E-state index >= 15 is 0 Å². The van der Waals surface area contributed by atoms with Crippen molar-refractivity contribution in [1.29, 1.82) is 0 Å². The van der Waals surface area contributed by atoms with Crippen LogP contribution in [0.3, 0.4) is 0 Å². The van der Waals surface area contributed by atoms with E-state index in [2.05, 4.69) is 10.2 Å². The lowest BCUT2D eigenvalue weighted by atomic mass is 10.2. The zero-order valence-electron chi connectivity index (χ0n) is 5.20. The van der Waals surface area contributed by atoms with Crippen molar-refractivity contribution in [3.05, 3.63) is 34.6 Å². The van der Waals surface area contributed by atoms with E-state index in [9.17, 15) is 4.39 Å². The Balaban J connectivity index is 3.06. The van der Waals surface area contributed by atoms with E-state index in [0.717, 1.165) is 5.56 Å². The molecule has 0 fully saturated rings. The maximum absolute atomic E-state index is 12.5. The van der Waals surface area contributed by atoms with Gasteiger partial charge in [-0.05, 0) is 29.8 Å². The Morgan fingerprint density at radius 3 is 2.60 bits per heavy atom. The normalized spacial score (nSPS) is 9.90. The molecule has 1 aromatic carbocycles. The van der Waals surface area contributed by atoms with Crippen LogP contribution in [0.1, 0.15) is 5.56 Å². The van der Waals surface area contributed by atoms with E-state index in [1.54, 1.807) is 6.07 Å². The third kappa shape index (κ3) is 1.82. The predicted molar refractivity (Wildman–Crippen MR) is 40.9 cm³/mol. The molecular formula is C7H5ClFSi. The SMILES string of the molecule is Fc1cc(Cl)cc(C[Si])c1. The predicted octanol–water partition coefficient (Wildman–Crippen LogP) is 2.15. The molecule has 0 saturated heterocycles. The molecule has 0 amide bonds. The molecule has 0 atom stereocenters. The first kappa shape index (κ1) is 7.76. The van der Waals surface area contributed by atoms with Crippen LogP contribution in [-0.2, 0) is 6.04 Å². The summed E-state index contributed by atoms with van der Waals surface area (Å²) in [5, 5.41) is 0.438. The van der Waals surface area contributed by atoms with Crippen LogP contribution in [-0.4, -0.2) is 10.2 Å². The minimum atomic E-state index is -0.291. The summed E-state index contributed by atoms with van der Waals surface area (Å²) in [6.07, 6.45) is 0. The number of hydrogen-bond donors (Lipinski definition) is 0. The van der Waals surface area contributed by atoms with Gasteiger partial charge in [-0.25, -0.2) is 4.39 Å². The second-order valence-electron chi connectivity index (χ2n) is 1.95. The molecule has 1 aromatic rings. The summed E-state index contributed by atoms with van der Waals surface area (Å²) in [4.78, 5) is 0. The van der Waals surface area contributed by atoms with Crippen molar-refractivity contribution in [1.82, 2.24) is 0 Å². The van der Waals surface area contributed by atoms with Gasteiger partial charge in [-0.1, -0.05) is 11.6 Å². The van der Waals surface area contributed by atoms with Crippen molar-refractivity contribution in [2.24, 2.45) is 0 Å². The van der Waals surface area contributed by atoms with Gasteiger partial charge in [0.05, 0.1) is 0 Å². The molecule has 0 N–H and O–H groups in total. The van der Waals surface area contributed by atoms with Crippen molar-refractivity contribution in [2.75, 3.05) is 0 Å². The number of rotatable bonds is 1. The van der Waals surface area contributed by atoms with Gasteiger partial charge in [0, 0.05) is 15.3 Å². The van der Waals surface area contributed by atoms with Gasteiger partial charge < -0.3 is 0 Å². The smallest absolute Gasteiger partial charge is 0.124 e. The summed E-state index contributed by atoms with van der Waals surface area (Å²) >= 11 is 5.57. The van der Waals surface area contributed by atoms with Gasteiger partial charge in [-0.2, -0.15) is 0 Å². The van der Waals surface area contributed by atoms with Crippen molar-refractivity contribution in [3.8, 4) is 0 Å². The van der Waals surface area contributed by atoms with Crippen LogP contribution in [0.25, 0.3) is 0 Å². The summed E-state index contributed by atoms with van der Waals surface area (Å²) < 4.78 is 12.5. The highest BCUT2D eigenvalue weighted by Crippen LogP contribution is 2.13. The van der Waals surface area contributed by atoms with Gasteiger partial charge in [0.25, 0.3) is 0 Å². The lowest BCUT2D eigenvalue weighted by Gasteiger charge is -1.96. The Labute approximate surface area is 67.4 Å². The Kier molecular flexibility index (Phi) is 2.46. The van der Waals surface area contributed by atoms with E-state index in [-0.39, 0.29) is 5.82 Å². The van der Waals surface area contributed by atoms with Gasteiger partial charge in [-0.15, -0.1) is 0 Å². The average Bonchev–Trinajstić information content (AvgIpc) is 1.85. The van der Waals surface area contributed by atoms with E-state index < -0.39 is 0 Å². The van der Waals surface area contributed by atoms with Crippen molar-refractivity contribution < 1.29 is 4.39 Å². The number of halogens is 2. The summed E-state index contributed by atoms with van der Waals surface area (Å²) in [6.45, 7) is 0. The highest BCUT2D eigenvalue weighted by atomic mass is 35.5. The highest BCUT2D eigenvalue weighted by Gasteiger charge is 1.95. The molecule has 0 saturated carbocycles. The molecule has 3 radical (unpaired) electrons. The van der Waals surface area contributed by atoms with Crippen molar-refractivity contribution >= 4 is 21.8 Å². The molecule has 1 rings (SSSR count). The molecule has 0 heterocycles. The minimum Gasteiger partial charge on any atom is -0.207 e. The van der Waals surface area contributed by atoms with Crippen molar-refractivity contribution in [3.63, 3.8) is 0 Å². The maximum atomic E-state index is 12.5. The lowest BCUT2D eigenvalue weighted by molar-refractivity contribution is 0.626. The minimum absolute atomic E-state index is 0.291. The van der Waals surface area contributed by atoms with Crippen LogP contribution in [0.2, 0.25) is 5.02 Å². The summed E-state index contributed by atoms with van der Waals surface area (Å²) in [7, 11) is 3.25. The Hall–Kier alpha value is -0.343. The fraction of sp³-hybridized carbons (Fsp3) is 0.143. The maximum Gasteiger partial charge on any atom is 0.124 e. The molecule has 0 aromatic heterocycles. The fourth-order valence-corrected chi connectivity index (χ4v) is 1.16. The van der Waals surface area contributed by atoms with Gasteiger partial charge in [0.1, 0.15) is 5.82 Å². The largest absolute Gasteiger partial charge is 0.207 e. The van der Waals surface area contributed by atoms with Gasteiger partial charge >= 0.3 is 0 Å². The summed E-state index contributed by atoms with van der Waals surface area (Å²) in [5.74, 6) is -0.291. The standard InChI is InChI=1S/C7H5ClFSi/c8-6-1-5(4-10)2-7(9)3-6/h1-3H,4H2. The van der Waals surface area contributed by atoms with Crippen LogP contribution in [0.15, 0.2) is 18.2 Å². The molecule has 0 unspecified atom stereocenters. The molecule has 51 valence electrons. The highest BCUT2D eigenvalue weighted by molar-refractivity contribution is 6.30. The van der Waals surface area contributed by atoms with Gasteiger partial charge in [0.2, 0.25) is 0 Å². The van der Waals surface area contributed by atoms with Crippen molar-refractivity contribution in [2.45, 2.75) is 6.04 Å². The number of benzene rings is 1. The van der Waals surface area contributed by atoms with Crippen LogP contribution in [0.4, 0.5) is 4.39 Å². The quantitative estimate of drug-likeness (QED) is 0.568. The zero-order chi connectivity index (χ0) is 7.56. The number of hydrogen-bond acceptors (Lipinski definition) is 0. The molecule has 0 aliphatic carbocycles. The molecule has 0 bridgehead atoms. The molecule has 10 heavy (non-hydrogen) atoms. The Bertz CT molecular complexity index is 217. The second kappa shape index (κ2) is 3.17. The van der Waals surface area contributed by atoms with E-state index in [0.29, 0.717) is 11.1 Å². The molecule has 3 heteroatoms. The monoisotopic (exact) mass is 171 g/mol. The average molecular weight is 172 g/mol. The lowest BCUT2D eigenvalue weighted by Crippen LogP contribution is -1.84. The molecule has 0 aliphatic rings. The van der Waals surface area contributed by atoms with E-state index in [1.807, 2.05) is 0 Å². The van der Waals surface area contributed by atoms with Crippen LogP contribution in [0.5, 0.6) is 0 Å². The molecule has 0 spiro atoms. The first-order valence-electron chi connectivity index (χ1n) is 2.82. The van der Waals surface area contributed by atoms with E-state index in [1.165, 1.54) is 12.1 Å². The van der Waals surface area contributed by atoms with Gasteiger partial charge in [0.15, 0.2) is 0 Å². The molecular weight excluding hydrogens is 167 g/mol. The first-order valence-corrected chi connectivity index (χ1v) is 3.90. The van der Waals surface area contributed by atoms with Crippen LogP contribution < -0.4 is 0 Å². The Morgan fingerprint density at radius 2 is 2.10 bits per heavy atom. The third-order valence-electron chi connectivity index (χ3n) is 1.13. The fourth-order valence-electron chi connectivity index (χ4n) is 0.713. The van der Waals surface area contributed by atoms with Crippen LogP contribution >= 0.6 is 11.6 Å². The van der Waals surface area contributed by atoms with Crippen LogP contribution in [0, 0.1) is 5.82 Å². The third-order valence-corrected chi connectivity index (χ3v) is 1.75. The van der Waals surface area contributed by atoms with Gasteiger partial charge in [-0.3, -0.25) is 0 Å². The zero-order valence-corrected chi connectivity index (χ0v) is 6.95. The topological polar surface area (TPSA) is 0 Å².